The molecular weight excluding hydrogens is 406 g/mol. The second-order valence-corrected chi connectivity index (χ2v) is 8.08. The lowest BCUT2D eigenvalue weighted by atomic mass is 9.76. The number of rotatable bonds is 16. The maximum atomic E-state index is 12.1. The van der Waals surface area contributed by atoms with Gasteiger partial charge < -0.3 is 25.7 Å². The SMILES string of the molecule is CCN(CC)CCC(CCCC(=O)O)(CCN(CC)CC)C(=O)O.NCc1ccccc1. The van der Waals surface area contributed by atoms with Gasteiger partial charge in [0.2, 0.25) is 0 Å². The Kier molecular flexibility index (Phi) is 16.5. The lowest BCUT2D eigenvalue weighted by Gasteiger charge is -2.33. The van der Waals surface area contributed by atoms with Crippen LogP contribution in [0.15, 0.2) is 30.3 Å². The summed E-state index contributed by atoms with van der Waals surface area (Å²) in [6, 6.07) is 9.99. The Morgan fingerprint density at radius 3 is 1.62 bits per heavy atom. The van der Waals surface area contributed by atoms with Crippen molar-refractivity contribution in [1.29, 1.82) is 0 Å². The number of aliphatic carboxylic acids is 2. The van der Waals surface area contributed by atoms with Gasteiger partial charge in [0.25, 0.3) is 0 Å². The summed E-state index contributed by atoms with van der Waals surface area (Å²) in [5.41, 5.74) is 5.70. The molecule has 4 N–H and O–H groups in total. The fraction of sp³-hybridized carbons (Fsp3) is 0.680. The summed E-state index contributed by atoms with van der Waals surface area (Å²) in [5.74, 6) is -1.64. The molecule has 0 aromatic heterocycles. The molecule has 0 bridgehead atoms. The molecule has 0 spiro atoms. The van der Waals surface area contributed by atoms with Crippen molar-refractivity contribution in [3.8, 4) is 0 Å². The highest BCUT2D eigenvalue weighted by molar-refractivity contribution is 5.74. The number of nitrogens with two attached hydrogens (primary N) is 1. The molecule has 0 aliphatic heterocycles. The third-order valence-electron chi connectivity index (χ3n) is 6.18. The first-order valence-corrected chi connectivity index (χ1v) is 11.9. The Morgan fingerprint density at radius 1 is 0.844 bits per heavy atom. The Bertz CT molecular complexity index is 601. The third kappa shape index (κ3) is 12.2. The predicted octanol–water partition coefficient (Wildman–Crippen LogP) is 3.92. The van der Waals surface area contributed by atoms with Gasteiger partial charge in [0.1, 0.15) is 0 Å². The Hall–Kier alpha value is -1.96. The summed E-state index contributed by atoms with van der Waals surface area (Å²) in [6.45, 7) is 14.0. The van der Waals surface area contributed by atoms with Gasteiger partial charge in [-0.15, -0.1) is 0 Å². The molecule has 1 aromatic carbocycles. The number of carboxylic acids is 2. The maximum Gasteiger partial charge on any atom is 0.309 e. The summed E-state index contributed by atoms with van der Waals surface area (Å²) in [4.78, 5) is 27.4. The zero-order valence-corrected chi connectivity index (χ0v) is 20.6. The van der Waals surface area contributed by atoms with E-state index in [1.165, 1.54) is 5.56 Å². The van der Waals surface area contributed by atoms with E-state index < -0.39 is 17.4 Å². The van der Waals surface area contributed by atoms with Gasteiger partial charge in [0.15, 0.2) is 0 Å². The van der Waals surface area contributed by atoms with Crippen molar-refractivity contribution in [2.24, 2.45) is 11.1 Å². The maximum absolute atomic E-state index is 12.1. The minimum Gasteiger partial charge on any atom is -0.481 e. The number of nitrogens with zero attached hydrogens (tertiary/aromatic N) is 2. The molecule has 0 amide bonds. The van der Waals surface area contributed by atoms with E-state index in [4.69, 9.17) is 10.8 Å². The fourth-order valence-electron chi connectivity index (χ4n) is 3.71. The number of hydrogen-bond donors (Lipinski definition) is 3. The van der Waals surface area contributed by atoms with Crippen molar-refractivity contribution in [3.63, 3.8) is 0 Å². The van der Waals surface area contributed by atoms with Crippen LogP contribution >= 0.6 is 0 Å². The fourth-order valence-corrected chi connectivity index (χ4v) is 3.71. The molecule has 0 unspecified atom stereocenters. The minimum absolute atomic E-state index is 0.0333. The quantitative estimate of drug-likeness (QED) is 0.350. The molecule has 0 saturated heterocycles. The molecule has 0 saturated carbocycles. The van der Waals surface area contributed by atoms with Crippen LogP contribution in [0, 0.1) is 5.41 Å². The van der Waals surface area contributed by atoms with E-state index >= 15 is 0 Å². The lowest BCUT2D eigenvalue weighted by Crippen LogP contribution is -2.39. The van der Waals surface area contributed by atoms with Crippen LogP contribution in [0.4, 0.5) is 0 Å². The van der Waals surface area contributed by atoms with Crippen molar-refractivity contribution < 1.29 is 19.8 Å². The number of carbonyl (C=O) groups is 2. The Balaban J connectivity index is 0.000000995. The monoisotopic (exact) mass is 451 g/mol. The second-order valence-electron chi connectivity index (χ2n) is 8.08. The summed E-state index contributed by atoms with van der Waals surface area (Å²) in [7, 11) is 0. The van der Waals surface area contributed by atoms with Crippen LogP contribution in [0.25, 0.3) is 0 Å². The zero-order valence-electron chi connectivity index (χ0n) is 20.6. The van der Waals surface area contributed by atoms with Gasteiger partial charge in [-0.05, 0) is 70.5 Å². The molecule has 0 aliphatic rings. The van der Waals surface area contributed by atoms with E-state index in [0.29, 0.717) is 32.2 Å². The van der Waals surface area contributed by atoms with Crippen molar-refractivity contribution >= 4 is 11.9 Å². The number of carboxylic acid groups (broad SMARTS) is 2. The predicted molar refractivity (Wildman–Crippen MR) is 131 cm³/mol. The standard InChI is InChI=1S/C18H36N2O4.C7H9N/c1-5-19(6-2)14-12-18(17(23)24,11-9-10-16(21)22)13-15-20(7-3)8-4;8-6-7-4-2-1-3-5-7/h5-15H2,1-4H3,(H,21,22)(H,23,24);1-5H,6,8H2. The van der Waals surface area contributed by atoms with Crippen LogP contribution in [0.3, 0.4) is 0 Å². The number of benzene rings is 1. The first-order chi connectivity index (χ1) is 15.3. The zero-order chi connectivity index (χ0) is 24.4. The molecule has 184 valence electrons. The van der Waals surface area contributed by atoms with E-state index in [0.717, 1.165) is 39.3 Å². The summed E-state index contributed by atoms with van der Waals surface area (Å²) in [5, 5.41) is 18.8. The van der Waals surface area contributed by atoms with Gasteiger partial charge in [-0.25, -0.2) is 0 Å². The molecule has 0 fully saturated rings. The highest BCUT2D eigenvalue weighted by atomic mass is 16.4. The van der Waals surface area contributed by atoms with Crippen LogP contribution in [-0.2, 0) is 16.1 Å². The first kappa shape index (κ1) is 30.0. The van der Waals surface area contributed by atoms with Gasteiger partial charge in [-0.2, -0.15) is 0 Å². The molecule has 7 heteroatoms. The molecule has 32 heavy (non-hydrogen) atoms. The summed E-state index contributed by atoms with van der Waals surface area (Å²) < 4.78 is 0. The lowest BCUT2D eigenvalue weighted by molar-refractivity contribution is -0.151. The normalized spacial score (nSPS) is 11.3. The van der Waals surface area contributed by atoms with Crippen LogP contribution in [0.5, 0.6) is 0 Å². The molecule has 1 rings (SSSR count). The topological polar surface area (TPSA) is 107 Å². The van der Waals surface area contributed by atoms with E-state index in [9.17, 15) is 14.7 Å². The van der Waals surface area contributed by atoms with Crippen molar-refractivity contribution in [1.82, 2.24) is 9.80 Å². The highest BCUT2D eigenvalue weighted by Gasteiger charge is 2.38. The van der Waals surface area contributed by atoms with Crippen LogP contribution in [0.2, 0.25) is 0 Å². The molecule has 0 heterocycles. The van der Waals surface area contributed by atoms with Gasteiger partial charge >= 0.3 is 11.9 Å². The first-order valence-electron chi connectivity index (χ1n) is 11.9. The van der Waals surface area contributed by atoms with E-state index in [1.54, 1.807) is 0 Å². The van der Waals surface area contributed by atoms with Gasteiger partial charge in [-0.3, -0.25) is 9.59 Å². The van der Waals surface area contributed by atoms with Gasteiger partial charge in [-0.1, -0.05) is 58.0 Å². The third-order valence-corrected chi connectivity index (χ3v) is 6.18. The average Bonchev–Trinajstić information content (AvgIpc) is 2.80. The van der Waals surface area contributed by atoms with Crippen LogP contribution in [0.1, 0.15) is 65.4 Å². The largest absolute Gasteiger partial charge is 0.481 e. The summed E-state index contributed by atoms with van der Waals surface area (Å²) in [6.07, 6.45) is 2.02. The summed E-state index contributed by atoms with van der Waals surface area (Å²) >= 11 is 0. The Labute approximate surface area is 194 Å². The molecule has 0 radical (unpaired) electrons. The molecule has 1 aromatic rings. The molecular formula is C25H45N3O4. The molecule has 7 nitrogen and oxygen atoms in total. The van der Waals surface area contributed by atoms with Crippen molar-refractivity contribution in [3.05, 3.63) is 35.9 Å². The average molecular weight is 452 g/mol. The van der Waals surface area contributed by atoms with Crippen molar-refractivity contribution in [2.75, 3.05) is 39.3 Å². The van der Waals surface area contributed by atoms with E-state index in [1.807, 2.05) is 30.3 Å². The smallest absolute Gasteiger partial charge is 0.309 e. The van der Waals surface area contributed by atoms with Crippen LogP contribution in [-0.4, -0.2) is 71.2 Å². The van der Waals surface area contributed by atoms with Gasteiger partial charge in [0, 0.05) is 13.0 Å². The van der Waals surface area contributed by atoms with Crippen molar-refractivity contribution in [2.45, 2.75) is 66.3 Å². The van der Waals surface area contributed by atoms with Crippen LogP contribution < -0.4 is 5.73 Å². The minimum atomic E-state index is -0.859. The number of hydrogen-bond acceptors (Lipinski definition) is 5. The van der Waals surface area contributed by atoms with Gasteiger partial charge in [0.05, 0.1) is 5.41 Å². The van der Waals surface area contributed by atoms with E-state index in [-0.39, 0.29) is 6.42 Å². The molecule has 0 aliphatic carbocycles. The molecule has 0 atom stereocenters. The Morgan fingerprint density at radius 2 is 1.31 bits per heavy atom. The highest BCUT2D eigenvalue weighted by Crippen LogP contribution is 2.34. The van der Waals surface area contributed by atoms with E-state index in [2.05, 4.69) is 37.5 Å². The second kappa shape index (κ2) is 17.6.